The Labute approximate surface area is 67.9 Å². The Morgan fingerprint density at radius 2 is 2.42 bits per heavy atom. The van der Waals surface area contributed by atoms with Gasteiger partial charge in [-0.2, -0.15) is 0 Å². The summed E-state index contributed by atoms with van der Waals surface area (Å²) in [6.07, 6.45) is 6.07. The van der Waals surface area contributed by atoms with Gasteiger partial charge in [0, 0.05) is 11.8 Å². The van der Waals surface area contributed by atoms with Gasteiger partial charge in [0.1, 0.15) is 0 Å². The fourth-order valence-corrected chi connectivity index (χ4v) is 0.674. The number of carboxylic acid groups (broad SMARTS) is 1. The smallest absolute Gasteiger partial charge is 0.357 e. The number of pyridine rings is 1. The topological polar surface area (TPSA) is 50.2 Å². The van der Waals surface area contributed by atoms with Gasteiger partial charge in [0.25, 0.3) is 0 Å². The number of nitrogens with zero attached hydrogens (tertiary/aromatic N) is 1. The van der Waals surface area contributed by atoms with E-state index in [9.17, 15) is 9.18 Å². The van der Waals surface area contributed by atoms with Gasteiger partial charge in [-0.1, -0.05) is 5.92 Å². The number of carbonyl (C=O) groups is 1. The van der Waals surface area contributed by atoms with E-state index in [4.69, 9.17) is 11.5 Å². The van der Waals surface area contributed by atoms with Gasteiger partial charge in [-0.15, -0.1) is 6.42 Å². The van der Waals surface area contributed by atoms with E-state index >= 15 is 0 Å². The van der Waals surface area contributed by atoms with Crippen LogP contribution in [-0.4, -0.2) is 16.1 Å². The summed E-state index contributed by atoms with van der Waals surface area (Å²) in [5, 5.41) is 8.38. The minimum atomic E-state index is -1.41. The third kappa shape index (κ3) is 1.40. The van der Waals surface area contributed by atoms with Crippen LogP contribution in [0.5, 0.6) is 0 Å². The predicted molar refractivity (Wildman–Crippen MR) is 39.1 cm³/mol. The third-order valence-electron chi connectivity index (χ3n) is 1.21. The van der Waals surface area contributed by atoms with E-state index in [1.165, 1.54) is 0 Å². The molecule has 1 heterocycles. The largest absolute Gasteiger partial charge is 0.476 e. The number of hydrogen-bond acceptors (Lipinski definition) is 2. The van der Waals surface area contributed by atoms with Crippen LogP contribution < -0.4 is 0 Å². The molecule has 0 aliphatic heterocycles. The van der Waals surface area contributed by atoms with Gasteiger partial charge in [-0.05, 0) is 6.07 Å². The zero-order valence-electron chi connectivity index (χ0n) is 5.91. The minimum Gasteiger partial charge on any atom is -0.476 e. The van der Waals surface area contributed by atoms with Crippen LogP contribution >= 0.6 is 0 Å². The summed E-state index contributed by atoms with van der Waals surface area (Å²) >= 11 is 0. The first-order chi connectivity index (χ1) is 5.65. The molecular weight excluding hydrogens is 161 g/mol. The predicted octanol–water partition coefficient (Wildman–Crippen LogP) is 0.900. The lowest BCUT2D eigenvalue weighted by molar-refractivity contribution is 0.0685. The van der Waals surface area contributed by atoms with Crippen molar-refractivity contribution in [1.29, 1.82) is 0 Å². The summed E-state index contributed by atoms with van der Waals surface area (Å²) < 4.78 is 12.7. The molecule has 3 nitrogen and oxygen atoms in total. The fraction of sp³-hybridized carbons (Fsp3) is 0. The van der Waals surface area contributed by atoms with Crippen LogP contribution in [0.15, 0.2) is 12.3 Å². The Balaban J connectivity index is 3.23. The molecule has 0 fully saturated rings. The lowest BCUT2D eigenvalue weighted by atomic mass is 10.2. The molecule has 0 aliphatic rings. The highest BCUT2D eigenvalue weighted by Crippen LogP contribution is 2.05. The summed E-state index contributed by atoms with van der Waals surface area (Å²) in [4.78, 5) is 13.6. The molecule has 0 atom stereocenters. The van der Waals surface area contributed by atoms with E-state index in [0.29, 0.717) is 0 Å². The van der Waals surface area contributed by atoms with E-state index in [-0.39, 0.29) is 5.56 Å². The maximum Gasteiger partial charge on any atom is 0.357 e. The number of rotatable bonds is 1. The molecule has 12 heavy (non-hydrogen) atoms. The fourth-order valence-electron chi connectivity index (χ4n) is 0.674. The van der Waals surface area contributed by atoms with Crippen molar-refractivity contribution in [2.24, 2.45) is 0 Å². The molecule has 0 unspecified atom stereocenters. The Bertz CT molecular complexity index is 368. The highest BCUT2D eigenvalue weighted by atomic mass is 19.1. The standard InChI is InChI=1S/C8H4FNO2/c1-2-5-3-6(9)7(8(11)12)10-4-5/h1,3-4H,(H,11,12). The maximum absolute atomic E-state index is 12.7. The normalized spacial score (nSPS) is 9.00. The maximum atomic E-state index is 12.7. The van der Waals surface area contributed by atoms with Crippen LogP contribution in [0.1, 0.15) is 16.1 Å². The molecular formula is C8H4FNO2. The van der Waals surface area contributed by atoms with E-state index in [2.05, 4.69) is 10.9 Å². The molecule has 1 rings (SSSR count). The van der Waals surface area contributed by atoms with Gasteiger partial charge < -0.3 is 5.11 Å². The van der Waals surface area contributed by atoms with Gasteiger partial charge in [0.15, 0.2) is 11.5 Å². The van der Waals surface area contributed by atoms with Crippen molar-refractivity contribution in [3.63, 3.8) is 0 Å². The van der Waals surface area contributed by atoms with Crippen molar-refractivity contribution in [3.8, 4) is 12.3 Å². The first kappa shape index (κ1) is 8.21. The van der Waals surface area contributed by atoms with E-state index in [1.807, 2.05) is 0 Å². The molecule has 1 aromatic rings. The number of halogens is 1. The number of hydrogen-bond donors (Lipinski definition) is 1. The second-order valence-electron chi connectivity index (χ2n) is 2.00. The Morgan fingerprint density at radius 1 is 1.75 bits per heavy atom. The van der Waals surface area contributed by atoms with Gasteiger partial charge in [-0.3, -0.25) is 0 Å². The van der Waals surface area contributed by atoms with Crippen molar-refractivity contribution in [1.82, 2.24) is 4.98 Å². The Morgan fingerprint density at radius 3 is 2.83 bits per heavy atom. The highest BCUT2D eigenvalue weighted by molar-refractivity contribution is 5.85. The number of terminal acetylenes is 1. The second-order valence-corrected chi connectivity index (χ2v) is 2.00. The van der Waals surface area contributed by atoms with Crippen molar-refractivity contribution in [2.75, 3.05) is 0 Å². The van der Waals surface area contributed by atoms with Crippen molar-refractivity contribution in [2.45, 2.75) is 0 Å². The first-order valence-corrected chi connectivity index (χ1v) is 3.00. The Kier molecular flexibility index (Phi) is 2.06. The van der Waals surface area contributed by atoms with E-state index in [0.717, 1.165) is 12.3 Å². The van der Waals surface area contributed by atoms with Crippen LogP contribution in [0.3, 0.4) is 0 Å². The molecule has 4 heteroatoms. The molecule has 0 amide bonds. The minimum absolute atomic E-state index is 0.220. The molecule has 0 saturated heterocycles. The van der Waals surface area contributed by atoms with Crippen LogP contribution in [0.2, 0.25) is 0 Å². The van der Waals surface area contributed by atoms with Gasteiger partial charge in [-0.25, -0.2) is 14.2 Å². The second kappa shape index (κ2) is 3.01. The van der Waals surface area contributed by atoms with Crippen molar-refractivity contribution in [3.05, 3.63) is 29.3 Å². The van der Waals surface area contributed by atoms with Crippen molar-refractivity contribution < 1.29 is 14.3 Å². The van der Waals surface area contributed by atoms with E-state index < -0.39 is 17.5 Å². The summed E-state index contributed by atoms with van der Waals surface area (Å²) in [6, 6.07) is 0.955. The average molecular weight is 165 g/mol. The molecule has 0 saturated carbocycles. The number of aromatic nitrogens is 1. The van der Waals surface area contributed by atoms with Crippen LogP contribution in [-0.2, 0) is 0 Å². The van der Waals surface area contributed by atoms with Crippen LogP contribution in [0, 0.1) is 18.2 Å². The van der Waals surface area contributed by atoms with Crippen molar-refractivity contribution >= 4 is 5.97 Å². The van der Waals surface area contributed by atoms with E-state index in [1.54, 1.807) is 0 Å². The summed E-state index contributed by atoms with van der Waals surface area (Å²) in [6.45, 7) is 0. The average Bonchev–Trinajstić information content (AvgIpc) is 2.03. The van der Waals surface area contributed by atoms with Gasteiger partial charge >= 0.3 is 5.97 Å². The number of carboxylic acids is 1. The lowest BCUT2D eigenvalue weighted by Crippen LogP contribution is -2.04. The summed E-state index contributed by atoms with van der Waals surface area (Å²) in [5.41, 5.74) is -0.397. The molecule has 0 spiro atoms. The Hall–Kier alpha value is -1.89. The monoisotopic (exact) mass is 165 g/mol. The SMILES string of the molecule is C#Cc1cnc(C(=O)O)c(F)c1. The highest BCUT2D eigenvalue weighted by Gasteiger charge is 2.11. The summed E-state index contributed by atoms with van der Waals surface area (Å²) in [5.74, 6) is -0.186. The molecule has 1 aromatic heterocycles. The first-order valence-electron chi connectivity index (χ1n) is 3.00. The quantitative estimate of drug-likeness (QED) is 0.629. The lowest BCUT2D eigenvalue weighted by Gasteiger charge is -1.95. The zero-order chi connectivity index (χ0) is 9.14. The zero-order valence-corrected chi connectivity index (χ0v) is 5.91. The van der Waals surface area contributed by atoms with Crippen LogP contribution in [0.25, 0.3) is 0 Å². The molecule has 0 aliphatic carbocycles. The third-order valence-corrected chi connectivity index (χ3v) is 1.21. The molecule has 0 bridgehead atoms. The molecule has 0 aromatic carbocycles. The van der Waals surface area contributed by atoms with Crippen LogP contribution in [0.4, 0.5) is 4.39 Å². The van der Waals surface area contributed by atoms with Gasteiger partial charge in [0.2, 0.25) is 0 Å². The summed E-state index contributed by atoms with van der Waals surface area (Å²) in [7, 11) is 0. The number of aromatic carboxylic acids is 1. The molecule has 60 valence electrons. The van der Waals surface area contributed by atoms with Gasteiger partial charge in [0.05, 0.1) is 0 Å². The molecule has 1 N–H and O–H groups in total. The molecule has 0 radical (unpaired) electrons.